The molecule has 2 heterocycles. The van der Waals surface area contributed by atoms with Crippen molar-refractivity contribution in [3.05, 3.63) is 47.3 Å². The molecule has 3 rings (SSSR count). The van der Waals surface area contributed by atoms with Crippen LogP contribution in [0.15, 0.2) is 34.9 Å². The van der Waals surface area contributed by atoms with Gasteiger partial charge in [-0.05, 0) is 44.1 Å². The number of ether oxygens (including phenoxy) is 1. The number of likely N-dealkylation sites (tertiary alicyclic amines) is 1. The minimum atomic E-state index is -0.0830. The summed E-state index contributed by atoms with van der Waals surface area (Å²) in [7, 11) is 5.78. The maximum atomic E-state index is 12.9. The fourth-order valence-electron chi connectivity index (χ4n) is 3.74. The first-order valence-electron chi connectivity index (χ1n) is 9.44. The Hall–Kier alpha value is -2.34. The standard InChI is InChI=1S/C21H29N3O3/c1-14(2)10-16-11-20(27-22-16)21(25)24-12-18(19(13-24)23(3)4)15-6-8-17(26-5)9-7-15/h6-9,11,14,18-19H,10,12-13H2,1-5H3. The summed E-state index contributed by atoms with van der Waals surface area (Å²) in [4.78, 5) is 17.0. The van der Waals surface area contributed by atoms with Crippen molar-refractivity contribution in [3.8, 4) is 5.75 Å². The van der Waals surface area contributed by atoms with Crippen molar-refractivity contribution >= 4 is 5.91 Å². The van der Waals surface area contributed by atoms with Crippen LogP contribution in [0.2, 0.25) is 0 Å². The van der Waals surface area contributed by atoms with Crippen molar-refractivity contribution < 1.29 is 14.1 Å². The highest BCUT2D eigenvalue weighted by Crippen LogP contribution is 2.32. The molecule has 0 N–H and O–H groups in total. The lowest BCUT2D eigenvalue weighted by Crippen LogP contribution is -2.35. The van der Waals surface area contributed by atoms with Crippen molar-refractivity contribution in [2.45, 2.75) is 32.2 Å². The molecule has 0 aliphatic carbocycles. The van der Waals surface area contributed by atoms with Gasteiger partial charge in [-0.2, -0.15) is 0 Å². The van der Waals surface area contributed by atoms with Gasteiger partial charge in [0.1, 0.15) is 5.75 Å². The Morgan fingerprint density at radius 3 is 2.59 bits per heavy atom. The largest absolute Gasteiger partial charge is 0.497 e. The molecule has 2 aromatic rings. The van der Waals surface area contributed by atoms with Gasteiger partial charge in [-0.15, -0.1) is 0 Å². The number of hydrogen-bond donors (Lipinski definition) is 0. The number of amides is 1. The zero-order valence-electron chi connectivity index (χ0n) is 16.8. The van der Waals surface area contributed by atoms with Gasteiger partial charge in [-0.1, -0.05) is 31.1 Å². The number of methoxy groups -OCH3 is 1. The highest BCUT2D eigenvalue weighted by molar-refractivity contribution is 5.91. The third kappa shape index (κ3) is 4.33. The Labute approximate surface area is 161 Å². The number of benzene rings is 1. The predicted octanol–water partition coefficient (Wildman–Crippen LogP) is 3.05. The molecule has 0 bridgehead atoms. The number of carbonyl (C=O) groups excluding carboxylic acids is 1. The number of rotatable bonds is 6. The first kappa shape index (κ1) is 19.4. The van der Waals surface area contributed by atoms with Crippen LogP contribution < -0.4 is 4.74 Å². The van der Waals surface area contributed by atoms with Gasteiger partial charge < -0.3 is 19.1 Å². The lowest BCUT2D eigenvalue weighted by atomic mass is 9.93. The number of aromatic nitrogens is 1. The van der Waals surface area contributed by atoms with Crippen LogP contribution in [0.4, 0.5) is 0 Å². The van der Waals surface area contributed by atoms with Gasteiger partial charge in [0.05, 0.1) is 12.8 Å². The summed E-state index contributed by atoms with van der Waals surface area (Å²) in [6.07, 6.45) is 0.811. The summed E-state index contributed by atoms with van der Waals surface area (Å²) in [5.74, 6) is 1.81. The lowest BCUT2D eigenvalue weighted by molar-refractivity contribution is 0.0741. The molecule has 1 aromatic heterocycles. The number of hydrogen-bond acceptors (Lipinski definition) is 5. The van der Waals surface area contributed by atoms with Crippen LogP contribution in [0.25, 0.3) is 0 Å². The molecular weight excluding hydrogens is 342 g/mol. The van der Waals surface area contributed by atoms with Crippen LogP contribution in [-0.4, -0.2) is 61.2 Å². The molecule has 1 aromatic carbocycles. The first-order chi connectivity index (χ1) is 12.9. The molecule has 1 aliphatic heterocycles. The smallest absolute Gasteiger partial charge is 0.292 e. The molecule has 27 heavy (non-hydrogen) atoms. The minimum absolute atomic E-state index is 0.0830. The molecule has 146 valence electrons. The second-order valence-corrected chi connectivity index (χ2v) is 7.90. The zero-order valence-corrected chi connectivity index (χ0v) is 16.8. The van der Waals surface area contributed by atoms with Crippen LogP contribution in [0.3, 0.4) is 0 Å². The van der Waals surface area contributed by atoms with Crippen LogP contribution in [0, 0.1) is 5.92 Å². The van der Waals surface area contributed by atoms with Gasteiger partial charge in [0.25, 0.3) is 5.91 Å². The molecule has 2 atom stereocenters. The summed E-state index contributed by atoms with van der Waals surface area (Å²) >= 11 is 0. The van der Waals surface area contributed by atoms with Gasteiger partial charge in [-0.25, -0.2) is 0 Å². The molecule has 1 saturated heterocycles. The molecule has 2 unspecified atom stereocenters. The number of nitrogens with zero attached hydrogens (tertiary/aromatic N) is 3. The number of likely N-dealkylation sites (N-methyl/N-ethyl adjacent to an activating group) is 1. The quantitative estimate of drug-likeness (QED) is 0.781. The van der Waals surface area contributed by atoms with Gasteiger partial charge in [0, 0.05) is 31.1 Å². The van der Waals surface area contributed by atoms with Gasteiger partial charge >= 0.3 is 0 Å². The Morgan fingerprint density at radius 2 is 2.00 bits per heavy atom. The molecule has 0 radical (unpaired) electrons. The Balaban J connectivity index is 1.77. The van der Waals surface area contributed by atoms with Crippen molar-refractivity contribution in [3.63, 3.8) is 0 Å². The van der Waals surface area contributed by atoms with E-state index in [-0.39, 0.29) is 17.9 Å². The van der Waals surface area contributed by atoms with Crippen molar-refractivity contribution in [1.82, 2.24) is 15.0 Å². The molecule has 0 spiro atoms. The molecule has 1 fully saturated rings. The van der Waals surface area contributed by atoms with Crippen LogP contribution in [-0.2, 0) is 6.42 Å². The molecule has 6 nitrogen and oxygen atoms in total. The van der Waals surface area contributed by atoms with Gasteiger partial charge in [0.2, 0.25) is 5.76 Å². The third-order valence-corrected chi connectivity index (χ3v) is 5.17. The van der Waals surface area contributed by atoms with Crippen LogP contribution in [0.1, 0.15) is 41.6 Å². The zero-order chi connectivity index (χ0) is 19.6. The van der Waals surface area contributed by atoms with E-state index in [0.717, 1.165) is 17.9 Å². The Morgan fingerprint density at radius 1 is 1.30 bits per heavy atom. The minimum Gasteiger partial charge on any atom is -0.497 e. The van der Waals surface area contributed by atoms with Crippen LogP contribution in [0.5, 0.6) is 5.75 Å². The fraction of sp³-hybridized carbons (Fsp3) is 0.524. The van der Waals surface area contributed by atoms with E-state index in [9.17, 15) is 4.79 Å². The molecule has 1 amide bonds. The van der Waals surface area contributed by atoms with Crippen molar-refractivity contribution in [2.75, 3.05) is 34.3 Å². The predicted molar refractivity (Wildman–Crippen MR) is 104 cm³/mol. The van der Waals surface area contributed by atoms with E-state index in [1.165, 1.54) is 5.56 Å². The lowest BCUT2D eigenvalue weighted by Gasteiger charge is -2.25. The van der Waals surface area contributed by atoms with E-state index in [1.807, 2.05) is 17.0 Å². The normalized spacial score (nSPS) is 19.9. The maximum Gasteiger partial charge on any atom is 0.292 e. The highest BCUT2D eigenvalue weighted by atomic mass is 16.5. The summed E-state index contributed by atoms with van der Waals surface area (Å²) in [5, 5.41) is 4.05. The monoisotopic (exact) mass is 371 g/mol. The topological polar surface area (TPSA) is 58.8 Å². The number of carbonyl (C=O) groups is 1. The third-order valence-electron chi connectivity index (χ3n) is 5.17. The highest BCUT2D eigenvalue weighted by Gasteiger charge is 2.38. The SMILES string of the molecule is COc1ccc(C2CN(C(=O)c3cc(CC(C)C)no3)CC2N(C)C)cc1. The van der Waals surface area contributed by atoms with E-state index in [2.05, 4.69) is 50.1 Å². The van der Waals surface area contributed by atoms with Gasteiger partial charge in [0.15, 0.2) is 0 Å². The Bertz CT molecular complexity index is 767. The van der Waals surface area contributed by atoms with Crippen molar-refractivity contribution in [1.29, 1.82) is 0 Å². The summed E-state index contributed by atoms with van der Waals surface area (Å²) in [6, 6.07) is 10.2. The fourth-order valence-corrected chi connectivity index (χ4v) is 3.74. The second kappa shape index (κ2) is 8.13. The van der Waals surface area contributed by atoms with Gasteiger partial charge in [-0.3, -0.25) is 4.79 Å². The van der Waals surface area contributed by atoms with E-state index >= 15 is 0 Å². The Kier molecular flexibility index (Phi) is 5.85. The summed E-state index contributed by atoms with van der Waals surface area (Å²) in [6.45, 7) is 5.58. The van der Waals surface area contributed by atoms with E-state index in [4.69, 9.17) is 9.26 Å². The molecule has 0 saturated carbocycles. The van der Waals surface area contributed by atoms with Crippen LogP contribution >= 0.6 is 0 Å². The van der Waals surface area contributed by atoms with Crippen molar-refractivity contribution in [2.24, 2.45) is 5.92 Å². The molecular formula is C21H29N3O3. The van der Waals surface area contributed by atoms with E-state index in [0.29, 0.717) is 24.8 Å². The maximum absolute atomic E-state index is 12.9. The van der Waals surface area contributed by atoms with E-state index < -0.39 is 0 Å². The average molecular weight is 371 g/mol. The summed E-state index contributed by atoms with van der Waals surface area (Å²) in [5.41, 5.74) is 2.05. The first-order valence-corrected chi connectivity index (χ1v) is 9.44. The second-order valence-electron chi connectivity index (χ2n) is 7.90. The average Bonchev–Trinajstić information content (AvgIpc) is 3.28. The molecule has 1 aliphatic rings. The summed E-state index contributed by atoms with van der Waals surface area (Å²) < 4.78 is 10.6. The van der Waals surface area contributed by atoms with E-state index in [1.54, 1.807) is 13.2 Å². The molecule has 6 heteroatoms.